The molecule has 4 aliphatic rings. The van der Waals surface area contributed by atoms with Gasteiger partial charge in [-0.2, -0.15) is 0 Å². The van der Waals surface area contributed by atoms with Crippen LogP contribution in [0.4, 0.5) is 28.4 Å². The van der Waals surface area contributed by atoms with E-state index in [2.05, 4.69) is 20.9 Å². The molecule has 6 N–H and O–H groups in total. The van der Waals surface area contributed by atoms with E-state index in [0.717, 1.165) is 22.4 Å². The molecule has 9 rings (SSSR count). The third-order valence-corrected chi connectivity index (χ3v) is 17.9. The average molecular weight is 1060 g/mol. The number of carbonyl (C=O) groups excluding carboxylic acids is 3. The van der Waals surface area contributed by atoms with Gasteiger partial charge >= 0.3 is 0 Å². The topological polar surface area (TPSA) is 224 Å². The predicted octanol–water partition coefficient (Wildman–Crippen LogP) is 5.95. The van der Waals surface area contributed by atoms with Crippen molar-refractivity contribution >= 4 is 54.5 Å². The minimum absolute atomic E-state index is 0.0589. The fourth-order valence-electron chi connectivity index (χ4n) is 12.0. The molecule has 5 heterocycles. The maximum Gasteiger partial charge on any atom is 0.264 e. The number of rotatable bonds is 24. The van der Waals surface area contributed by atoms with Gasteiger partial charge in [0.25, 0.3) is 5.91 Å². The number of carbonyl (C=O) groups is 3. The molecule has 19 heteroatoms. The van der Waals surface area contributed by atoms with Gasteiger partial charge in [0.15, 0.2) is 13.9 Å². The van der Waals surface area contributed by atoms with Crippen LogP contribution in [0.25, 0.3) is 0 Å². The lowest BCUT2D eigenvalue weighted by Crippen LogP contribution is -2.49. The highest BCUT2D eigenvalue weighted by Gasteiger charge is 2.66. The Morgan fingerprint density at radius 1 is 0.750 bits per heavy atom. The van der Waals surface area contributed by atoms with Gasteiger partial charge in [0.1, 0.15) is 11.5 Å². The van der Waals surface area contributed by atoms with Crippen LogP contribution in [0, 0.1) is 5.92 Å². The van der Waals surface area contributed by atoms with Gasteiger partial charge in [-0.25, -0.2) is 0 Å². The number of ether oxygens (including phenoxy) is 3. The van der Waals surface area contributed by atoms with Crippen molar-refractivity contribution in [2.45, 2.75) is 128 Å². The second kappa shape index (κ2) is 23.7. The number of amides is 3. The molecule has 4 aliphatic heterocycles. The second-order valence-corrected chi connectivity index (χ2v) is 24.9. The van der Waals surface area contributed by atoms with E-state index < -0.39 is 43.6 Å². The molecule has 0 aliphatic carbocycles. The molecular weight excluding hydrogens is 985 g/mol. The molecule has 1 saturated heterocycles. The number of nitrogens with zero attached hydrogens (tertiary/aromatic N) is 6. The van der Waals surface area contributed by atoms with E-state index in [1.807, 2.05) is 113 Å². The first-order chi connectivity index (χ1) is 36.7. The monoisotopic (exact) mass is 1060 g/mol. The molecule has 406 valence electrons. The highest BCUT2D eigenvalue weighted by Crippen LogP contribution is 2.60. The maximum atomic E-state index is 16.0. The Morgan fingerprint density at radius 2 is 1.34 bits per heavy atom. The third-order valence-electron chi connectivity index (χ3n) is 15.4. The molecule has 4 aromatic carbocycles. The van der Waals surface area contributed by atoms with Crippen molar-refractivity contribution in [1.29, 1.82) is 0 Å². The zero-order valence-corrected chi connectivity index (χ0v) is 45.4. The molecule has 0 bridgehead atoms. The van der Waals surface area contributed by atoms with E-state index in [9.17, 15) is 29.7 Å². The Hall–Kier alpha value is -6.03. The summed E-state index contributed by atoms with van der Waals surface area (Å²) >= 11 is 0. The lowest BCUT2D eigenvalue weighted by atomic mass is 9.82. The fourth-order valence-corrected chi connectivity index (χ4v) is 14.6. The Labute approximate surface area is 446 Å². The number of hydrogen-bond acceptors (Lipinski definition) is 14. The number of nitrogens with one attached hydrogen (secondary N) is 2. The predicted molar refractivity (Wildman–Crippen MR) is 292 cm³/mol. The Balaban J connectivity index is 1.12. The normalized spacial score (nSPS) is 22.1. The minimum Gasteiger partial charge on any atom is -0.494 e. The number of aliphatic hydroxyl groups excluding tert-OH is 3. The molecule has 76 heavy (non-hydrogen) atoms. The maximum absolute atomic E-state index is 16.0. The summed E-state index contributed by atoms with van der Waals surface area (Å²) in [6.07, 6.45) is 5.54. The molecule has 6 atom stereocenters. The van der Waals surface area contributed by atoms with E-state index in [4.69, 9.17) is 14.2 Å². The number of aromatic nitrogens is 3. The molecule has 3 amide bonds. The van der Waals surface area contributed by atoms with Gasteiger partial charge in [0.05, 0.1) is 60.7 Å². The van der Waals surface area contributed by atoms with E-state index in [0.29, 0.717) is 130 Å². The first-order valence-electron chi connectivity index (χ1n) is 27.1. The summed E-state index contributed by atoms with van der Waals surface area (Å²) in [7, 11) is -3.11. The van der Waals surface area contributed by atoms with E-state index >= 15 is 4.79 Å². The fraction of sp³-hybridized carbons (Fsp3) is 0.491. The van der Waals surface area contributed by atoms with Gasteiger partial charge in [0.2, 0.25) is 11.8 Å². The van der Waals surface area contributed by atoms with E-state index in [-0.39, 0.29) is 44.1 Å². The van der Waals surface area contributed by atoms with Crippen molar-refractivity contribution in [1.82, 2.24) is 25.6 Å². The number of aryl methyl sites for hydroxylation is 1. The lowest BCUT2D eigenvalue weighted by molar-refractivity contribution is -0.146. The van der Waals surface area contributed by atoms with Crippen LogP contribution in [0.2, 0.25) is 18.6 Å². The van der Waals surface area contributed by atoms with Gasteiger partial charge in [0, 0.05) is 67.4 Å². The quantitative estimate of drug-likeness (QED) is 0.0311. The first-order valence-corrected chi connectivity index (χ1v) is 30.1. The van der Waals surface area contributed by atoms with Crippen molar-refractivity contribution in [2.75, 3.05) is 60.8 Å². The molecule has 1 aromatic heterocycles. The van der Waals surface area contributed by atoms with Gasteiger partial charge in [-0.05, 0) is 168 Å². The Morgan fingerprint density at radius 3 is 1.91 bits per heavy atom. The summed E-state index contributed by atoms with van der Waals surface area (Å²) in [6, 6.07) is 23.8. The van der Waals surface area contributed by atoms with Crippen LogP contribution in [0.15, 0.2) is 85.1 Å². The van der Waals surface area contributed by atoms with Crippen LogP contribution >= 0.6 is 0 Å². The van der Waals surface area contributed by atoms with Crippen LogP contribution < -0.4 is 34.8 Å². The summed E-state index contributed by atoms with van der Waals surface area (Å²) in [5.41, 5.74) is 5.14. The number of anilines is 5. The van der Waals surface area contributed by atoms with Crippen LogP contribution in [0.3, 0.4) is 0 Å². The largest absolute Gasteiger partial charge is 0.494 e. The molecular formula is C57H74N8O10Si. The van der Waals surface area contributed by atoms with Crippen LogP contribution in [-0.4, -0.2) is 125 Å². The average Bonchev–Trinajstić information content (AvgIpc) is 4.27. The molecule has 0 radical (unpaired) electrons. The Bertz CT molecular complexity index is 2880. The summed E-state index contributed by atoms with van der Waals surface area (Å²) in [5.74, 6) is 0.319. The molecule has 5 aromatic rings. The number of fused-ring (bicyclic) bond motifs is 4. The standard InChI is InChI=1S/C57H74N8O10Si/c1-6-73-44-16-19-49-39(30-44)32-47(58-23-8-10-26-66)54(69)64(49)42-14-12-13-38(29-42)35-63-51-18-15-43(65-50-20-17-45(74-7-2)31-40(50)33-48(55(65)70)59-24-9-11-27-67)34-46(51)57(56(63)71)37(3)53(76(4,5)72)52(75-57)21-25-62-36-41(22-28-68)60-61-62/h12-20,29-31,34,36-37,47-48,52-53,58-59,66-68,72H,6-11,21-28,32-33,35H2,1-5H3/t37-,47?,48?,52+,53-,57+/m0/s1. The summed E-state index contributed by atoms with van der Waals surface area (Å²) in [6.45, 7) is 12.3. The summed E-state index contributed by atoms with van der Waals surface area (Å²) in [4.78, 5) is 62.9. The smallest absolute Gasteiger partial charge is 0.264 e. The first kappa shape index (κ1) is 54.7. The highest BCUT2D eigenvalue weighted by atomic mass is 28.4. The molecule has 1 fully saturated rings. The lowest BCUT2D eigenvalue weighted by Gasteiger charge is -2.36. The summed E-state index contributed by atoms with van der Waals surface area (Å²) in [5, 5.41) is 43.9. The number of unbranched alkanes of at least 4 members (excludes halogenated alkanes) is 2. The van der Waals surface area contributed by atoms with Gasteiger partial charge < -0.3 is 49.9 Å². The van der Waals surface area contributed by atoms with Crippen molar-refractivity contribution in [3.8, 4) is 11.5 Å². The minimum atomic E-state index is -3.11. The number of hydrogen-bond donors (Lipinski definition) is 6. The third kappa shape index (κ3) is 10.9. The second-order valence-electron chi connectivity index (χ2n) is 20.9. The van der Waals surface area contributed by atoms with Crippen LogP contribution in [0.1, 0.15) is 80.8 Å². The SMILES string of the molecule is CCOc1ccc2c(c1)CC(NCCCCO)C(=O)N2c1cccc(CN2C(=O)[C@]3(O[C@H](CCn4cc(CCO)nn4)[C@@H]([Si](C)(C)O)[C@@H]3C)c3cc(N4C(=O)C(NCCCCO)Cc5cc(OCC)ccc54)ccc32)c1. The molecule has 2 unspecified atom stereocenters. The van der Waals surface area contributed by atoms with Crippen molar-refractivity contribution in [2.24, 2.45) is 5.92 Å². The van der Waals surface area contributed by atoms with Crippen molar-refractivity contribution < 1.29 is 48.7 Å². The van der Waals surface area contributed by atoms with Gasteiger partial charge in [-0.3, -0.25) is 28.9 Å². The van der Waals surface area contributed by atoms with Crippen LogP contribution in [0.5, 0.6) is 11.5 Å². The van der Waals surface area contributed by atoms with E-state index in [1.54, 1.807) is 25.6 Å². The molecule has 0 saturated carbocycles. The van der Waals surface area contributed by atoms with Crippen LogP contribution in [-0.2, 0) is 57.1 Å². The van der Waals surface area contributed by atoms with Gasteiger partial charge in [-0.1, -0.05) is 24.3 Å². The van der Waals surface area contributed by atoms with Gasteiger partial charge in [-0.15, -0.1) is 5.10 Å². The number of aliphatic hydroxyl groups is 3. The number of benzene rings is 4. The molecule has 18 nitrogen and oxygen atoms in total. The highest BCUT2D eigenvalue weighted by molar-refractivity contribution is 6.71. The molecule has 1 spiro atoms. The van der Waals surface area contributed by atoms with Crippen molar-refractivity contribution in [3.63, 3.8) is 0 Å². The Kier molecular flexibility index (Phi) is 17.1. The summed E-state index contributed by atoms with van der Waals surface area (Å²) < 4.78 is 20.8. The van der Waals surface area contributed by atoms with Crippen molar-refractivity contribution in [3.05, 3.63) is 113 Å². The zero-order chi connectivity index (χ0) is 53.7. The van der Waals surface area contributed by atoms with E-state index in [1.165, 1.54) is 0 Å². The zero-order valence-electron chi connectivity index (χ0n) is 44.4.